The van der Waals surface area contributed by atoms with E-state index >= 15 is 0 Å². The number of nitrogens with one attached hydrogen (secondary N) is 1. The molecule has 0 radical (unpaired) electrons. The van der Waals surface area contributed by atoms with Crippen molar-refractivity contribution in [2.75, 3.05) is 12.4 Å². The molecule has 6 heteroatoms. The number of furan rings is 1. The van der Waals surface area contributed by atoms with Crippen molar-refractivity contribution < 1.29 is 23.5 Å². The lowest BCUT2D eigenvalue weighted by molar-refractivity contribution is 0.0950. The predicted molar refractivity (Wildman–Crippen MR) is 82.1 cm³/mol. The first kappa shape index (κ1) is 14.8. The molecular formula is C17H13NO5. The molecule has 0 saturated carbocycles. The van der Waals surface area contributed by atoms with Gasteiger partial charge in [-0.2, -0.15) is 0 Å². The summed E-state index contributed by atoms with van der Waals surface area (Å²) in [5, 5.41) is 2.88. The van der Waals surface area contributed by atoms with E-state index in [1.54, 1.807) is 24.3 Å². The van der Waals surface area contributed by atoms with Crippen molar-refractivity contribution in [1.82, 2.24) is 0 Å². The van der Waals surface area contributed by atoms with Crippen LogP contribution in [-0.2, 0) is 0 Å². The normalized spacial score (nSPS) is 13.4. The summed E-state index contributed by atoms with van der Waals surface area (Å²) in [6.45, 7) is 1.31. The summed E-state index contributed by atoms with van der Waals surface area (Å²) >= 11 is 0. The Bertz CT molecular complexity index is 860. The molecule has 3 rings (SSSR count). The lowest BCUT2D eigenvalue weighted by Gasteiger charge is -2.15. The largest absolute Gasteiger partial charge is 0.495 e. The number of hydrogen-bond acceptors (Lipinski definition) is 6. The minimum Gasteiger partial charge on any atom is -0.495 e. The van der Waals surface area contributed by atoms with Crippen LogP contribution in [0, 0.1) is 0 Å². The maximum absolute atomic E-state index is 12.5. The van der Waals surface area contributed by atoms with Crippen molar-refractivity contribution in [2.24, 2.45) is 0 Å². The first-order valence-corrected chi connectivity index (χ1v) is 6.87. The summed E-state index contributed by atoms with van der Waals surface area (Å²) in [5.74, 6) is -0.836. The molecule has 0 atom stereocenters. The van der Waals surface area contributed by atoms with Crippen molar-refractivity contribution in [3.8, 4) is 5.75 Å². The molecule has 2 aromatic rings. The number of rotatable bonds is 4. The third-order valence-corrected chi connectivity index (χ3v) is 3.45. The molecule has 1 aromatic heterocycles. The summed E-state index contributed by atoms with van der Waals surface area (Å²) in [6, 6.07) is 8.30. The number of carbonyl (C=O) groups excluding carboxylic acids is 3. The van der Waals surface area contributed by atoms with Gasteiger partial charge in [0.05, 0.1) is 24.1 Å². The van der Waals surface area contributed by atoms with Crippen molar-refractivity contribution in [1.29, 1.82) is 0 Å². The van der Waals surface area contributed by atoms with Crippen molar-refractivity contribution >= 4 is 23.0 Å². The molecule has 6 nitrogen and oxygen atoms in total. The predicted octanol–water partition coefficient (Wildman–Crippen LogP) is 2.87. The summed E-state index contributed by atoms with van der Waals surface area (Å²) in [6.07, 6.45) is 1.19. The van der Waals surface area contributed by atoms with Gasteiger partial charge >= 0.3 is 0 Å². The van der Waals surface area contributed by atoms with Gasteiger partial charge in [0.15, 0.2) is 23.1 Å². The zero-order valence-corrected chi connectivity index (χ0v) is 12.5. The number of anilines is 1. The van der Waals surface area contributed by atoms with E-state index in [-0.39, 0.29) is 28.6 Å². The Morgan fingerprint density at radius 2 is 1.96 bits per heavy atom. The number of benzene rings is 1. The number of hydrogen-bond donors (Lipinski definition) is 1. The molecule has 0 amide bonds. The zero-order valence-electron chi connectivity index (χ0n) is 12.5. The van der Waals surface area contributed by atoms with Gasteiger partial charge in [0.2, 0.25) is 5.78 Å². The highest BCUT2D eigenvalue weighted by atomic mass is 16.5. The summed E-state index contributed by atoms with van der Waals surface area (Å²) < 4.78 is 10.4. The molecule has 0 unspecified atom stereocenters. The third kappa shape index (κ3) is 2.55. The zero-order chi connectivity index (χ0) is 16.6. The number of methoxy groups -OCH3 is 1. The monoisotopic (exact) mass is 311 g/mol. The molecular weight excluding hydrogens is 298 g/mol. The first-order valence-electron chi connectivity index (χ1n) is 6.87. The van der Waals surface area contributed by atoms with Gasteiger partial charge in [0.25, 0.3) is 0 Å². The van der Waals surface area contributed by atoms with E-state index in [1.165, 1.54) is 26.2 Å². The van der Waals surface area contributed by atoms with Gasteiger partial charge in [-0.25, -0.2) is 0 Å². The highest BCUT2D eigenvalue weighted by molar-refractivity contribution is 6.24. The van der Waals surface area contributed by atoms with Gasteiger partial charge in [-0.3, -0.25) is 14.4 Å². The number of ether oxygens (including phenoxy) is 1. The Balaban J connectivity index is 1.97. The second-order valence-electron chi connectivity index (χ2n) is 4.99. The smallest absolute Gasteiger partial charge is 0.245 e. The molecule has 116 valence electrons. The molecule has 0 aliphatic heterocycles. The maximum atomic E-state index is 12.5. The molecule has 23 heavy (non-hydrogen) atoms. The fourth-order valence-electron chi connectivity index (χ4n) is 2.30. The minimum atomic E-state index is -0.488. The highest BCUT2D eigenvalue weighted by Gasteiger charge is 2.31. The number of Topliss-reactive ketones (excluding diaryl/α,β-unsaturated/α-hetero) is 2. The van der Waals surface area contributed by atoms with E-state index in [4.69, 9.17) is 9.15 Å². The summed E-state index contributed by atoms with van der Waals surface area (Å²) in [5.41, 5.74) is 0.714. The van der Waals surface area contributed by atoms with Gasteiger partial charge in [-0.1, -0.05) is 12.1 Å². The average molecular weight is 311 g/mol. The third-order valence-electron chi connectivity index (χ3n) is 3.45. The van der Waals surface area contributed by atoms with Crippen LogP contribution >= 0.6 is 0 Å². The van der Waals surface area contributed by atoms with Crippen molar-refractivity contribution in [2.45, 2.75) is 6.92 Å². The van der Waals surface area contributed by atoms with E-state index < -0.39 is 11.6 Å². The molecule has 1 heterocycles. The Kier molecular flexibility index (Phi) is 3.57. The fourth-order valence-corrected chi connectivity index (χ4v) is 2.30. The van der Waals surface area contributed by atoms with Crippen LogP contribution in [0.1, 0.15) is 38.4 Å². The lowest BCUT2D eigenvalue weighted by atomic mass is 9.99. The number of ketones is 3. The molecule has 1 aromatic carbocycles. The van der Waals surface area contributed by atoms with Crippen LogP contribution in [-0.4, -0.2) is 24.5 Å². The van der Waals surface area contributed by atoms with Crippen LogP contribution in [0.25, 0.3) is 0 Å². The maximum Gasteiger partial charge on any atom is 0.245 e. The van der Waals surface area contributed by atoms with Gasteiger partial charge < -0.3 is 14.5 Å². The van der Waals surface area contributed by atoms with Gasteiger partial charge in [-0.15, -0.1) is 0 Å². The quantitative estimate of drug-likeness (QED) is 0.874. The second-order valence-corrected chi connectivity index (χ2v) is 4.99. The SMILES string of the molecule is COc1ccccc1NC1=CC(=O)c2cc(C(C)=O)oc2C1=O. The lowest BCUT2D eigenvalue weighted by Crippen LogP contribution is -2.20. The Hall–Kier alpha value is -3.15. The minimum absolute atomic E-state index is 0.0105. The van der Waals surface area contributed by atoms with Crippen molar-refractivity contribution in [3.63, 3.8) is 0 Å². The van der Waals surface area contributed by atoms with Gasteiger partial charge in [0, 0.05) is 13.0 Å². The topological polar surface area (TPSA) is 85.6 Å². The van der Waals surface area contributed by atoms with E-state index in [2.05, 4.69) is 5.32 Å². The molecule has 0 saturated heterocycles. The summed E-state index contributed by atoms with van der Waals surface area (Å²) in [4.78, 5) is 36.0. The fraction of sp³-hybridized carbons (Fsp3) is 0.118. The molecule has 1 aliphatic rings. The average Bonchev–Trinajstić information content (AvgIpc) is 2.99. The number of allylic oxidation sites excluding steroid dienone is 2. The van der Waals surface area contributed by atoms with E-state index in [1.807, 2.05) is 0 Å². The van der Waals surface area contributed by atoms with Crippen LogP contribution in [0.5, 0.6) is 5.75 Å². The van der Waals surface area contributed by atoms with Crippen LogP contribution in [0.4, 0.5) is 5.69 Å². The van der Waals surface area contributed by atoms with Crippen LogP contribution < -0.4 is 10.1 Å². The van der Waals surface area contributed by atoms with Crippen LogP contribution in [0.3, 0.4) is 0 Å². The standard InChI is InChI=1S/C17H13NO5/c1-9(19)15-7-10-13(20)8-12(16(21)17(10)23-15)18-11-5-3-4-6-14(11)22-2/h3-8,18H,1-2H3. The summed E-state index contributed by atoms with van der Waals surface area (Å²) in [7, 11) is 1.51. The van der Waals surface area contributed by atoms with E-state index in [9.17, 15) is 14.4 Å². The molecule has 0 fully saturated rings. The molecule has 0 bridgehead atoms. The second kappa shape index (κ2) is 5.57. The first-order chi connectivity index (χ1) is 11.0. The van der Waals surface area contributed by atoms with E-state index in [0.717, 1.165) is 0 Å². The van der Waals surface area contributed by atoms with Crippen LogP contribution in [0.15, 0.2) is 46.5 Å². The number of para-hydroxylation sites is 2. The Morgan fingerprint density at radius 3 is 2.65 bits per heavy atom. The molecule has 1 N–H and O–H groups in total. The number of carbonyl (C=O) groups is 3. The van der Waals surface area contributed by atoms with E-state index in [0.29, 0.717) is 11.4 Å². The van der Waals surface area contributed by atoms with Crippen molar-refractivity contribution in [3.05, 3.63) is 59.2 Å². The van der Waals surface area contributed by atoms with Gasteiger partial charge in [-0.05, 0) is 18.2 Å². The Morgan fingerprint density at radius 1 is 1.22 bits per heavy atom. The Labute approximate surface area is 131 Å². The molecule has 0 spiro atoms. The van der Waals surface area contributed by atoms with Gasteiger partial charge in [0.1, 0.15) is 5.75 Å². The number of fused-ring (bicyclic) bond motifs is 1. The molecule has 1 aliphatic carbocycles. The highest BCUT2D eigenvalue weighted by Crippen LogP contribution is 2.29. The van der Waals surface area contributed by atoms with Crippen LogP contribution in [0.2, 0.25) is 0 Å².